The predicted molar refractivity (Wildman–Crippen MR) is 103 cm³/mol. The van der Waals surface area contributed by atoms with Gasteiger partial charge in [-0.1, -0.05) is 17.7 Å². The maximum absolute atomic E-state index is 12.7. The van der Waals surface area contributed by atoms with Crippen LogP contribution in [0.5, 0.6) is 0 Å². The number of ketones is 1. The fourth-order valence-electron chi connectivity index (χ4n) is 3.09. The highest BCUT2D eigenvalue weighted by molar-refractivity contribution is 6.46. The Morgan fingerprint density at radius 1 is 1.18 bits per heavy atom. The molecule has 0 aliphatic carbocycles. The van der Waals surface area contributed by atoms with Crippen LogP contribution in [0.2, 0.25) is 5.02 Å². The van der Waals surface area contributed by atoms with E-state index in [4.69, 9.17) is 21.4 Å². The van der Waals surface area contributed by atoms with E-state index < -0.39 is 17.7 Å². The average molecular weight is 403 g/mol. The van der Waals surface area contributed by atoms with Crippen LogP contribution >= 0.6 is 11.6 Å². The summed E-state index contributed by atoms with van der Waals surface area (Å²) in [6.07, 6.45) is 3.13. The summed E-state index contributed by atoms with van der Waals surface area (Å²) >= 11 is 5.89. The molecule has 3 rings (SSSR count). The van der Waals surface area contributed by atoms with Crippen molar-refractivity contribution in [2.75, 3.05) is 26.4 Å². The zero-order chi connectivity index (χ0) is 20.1. The number of rotatable bonds is 7. The Bertz CT molecular complexity index is 883. The van der Waals surface area contributed by atoms with Crippen molar-refractivity contribution in [3.63, 3.8) is 0 Å². The van der Waals surface area contributed by atoms with Crippen LogP contribution in [-0.2, 0) is 14.3 Å². The van der Waals surface area contributed by atoms with E-state index in [1.807, 2.05) is 0 Å². The number of likely N-dealkylation sites (tertiary alicyclic amines) is 1. The molecule has 1 amide bonds. The third kappa shape index (κ3) is 4.06. The summed E-state index contributed by atoms with van der Waals surface area (Å²) in [5.41, 5.74) is 0.967. The van der Waals surface area contributed by atoms with Gasteiger partial charge < -0.3 is 19.8 Å². The van der Waals surface area contributed by atoms with Crippen molar-refractivity contribution < 1.29 is 24.5 Å². The number of amides is 1. The van der Waals surface area contributed by atoms with Crippen LogP contribution in [0.15, 0.2) is 54.4 Å². The summed E-state index contributed by atoms with van der Waals surface area (Å²) in [4.78, 5) is 30.8. The number of aromatic nitrogens is 1. The lowest BCUT2D eigenvalue weighted by atomic mass is 9.96. The summed E-state index contributed by atoms with van der Waals surface area (Å²) in [6.45, 7) is 0.264. The van der Waals surface area contributed by atoms with Gasteiger partial charge in [-0.3, -0.25) is 14.6 Å². The van der Waals surface area contributed by atoms with E-state index in [1.165, 1.54) is 4.90 Å². The number of aliphatic hydroxyl groups excluding tert-OH is 2. The SMILES string of the molecule is O=C1C(=O)N(CCOCCO)[C@H](c2cccnc2)C1=C(O)c1ccc(Cl)cc1. The summed E-state index contributed by atoms with van der Waals surface area (Å²) in [5.74, 6) is -1.77. The molecule has 1 aromatic carbocycles. The van der Waals surface area contributed by atoms with Gasteiger partial charge in [-0.05, 0) is 35.9 Å². The first-order valence-corrected chi connectivity index (χ1v) is 9.05. The molecule has 0 unspecified atom stereocenters. The molecule has 1 atom stereocenters. The first kappa shape index (κ1) is 20.0. The van der Waals surface area contributed by atoms with E-state index in [0.717, 1.165) is 0 Å². The zero-order valence-corrected chi connectivity index (χ0v) is 15.7. The molecular formula is C20H19ClN2O5. The average Bonchev–Trinajstić information content (AvgIpc) is 2.97. The number of carbonyl (C=O) groups is 2. The van der Waals surface area contributed by atoms with Crippen molar-refractivity contribution in [3.8, 4) is 0 Å². The number of nitrogens with zero attached hydrogens (tertiary/aromatic N) is 2. The number of ether oxygens (including phenoxy) is 1. The minimum atomic E-state index is -0.790. The van der Waals surface area contributed by atoms with Crippen LogP contribution in [0.3, 0.4) is 0 Å². The molecule has 1 saturated heterocycles. The molecule has 1 fully saturated rings. The summed E-state index contributed by atoms with van der Waals surface area (Å²) in [7, 11) is 0. The molecule has 0 spiro atoms. The fraction of sp³-hybridized carbons (Fsp3) is 0.250. The van der Waals surface area contributed by atoms with Crippen molar-refractivity contribution >= 4 is 29.1 Å². The molecular weight excluding hydrogens is 384 g/mol. The summed E-state index contributed by atoms with van der Waals surface area (Å²) in [5, 5.41) is 20.1. The van der Waals surface area contributed by atoms with E-state index in [9.17, 15) is 14.7 Å². The number of pyridine rings is 1. The van der Waals surface area contributed by atoms with Gasteiger partial charge in [-0.25, -0.2) is 0 Å². The topological polar surface area (TPSA) is 100.0 Å². The third-order valence-corrected chi connectivity index (χ3v) is 4.62. The second-order valence-corrected chi connectivity index (χ2v) is 6.56. The molecule has 2 aromatic rings. The lowest BCUT2D eigenvalue weighted by Crippen LogP contribution is -2.33. The summed E-state index contributed by atoms with van der Waals surface area (Å²) < 4.78 is 5.24. The number of benzene rings is 1. The van der Waals surface area contributed by atoms with Gasteiger partial charge in [0.25, 0.3) is 11.7 Å². The minimum Gasteiger partial charge on any atom is -0.507 e. The molecule has 28 heavy (non-hydrogen) atoms. The molecule has 2 N–H and O–H groups in total. The van der Waals surface area contributed by atoms with Crippen molar-refractivity contribution in [2.45, 2.75) is 6.04 Å². The molecule has 1 aliphatic heterocycles. The highest BCUT2D eigenvalue weighted by Crippen LogP contribution is 2.38. The zero-order valence-electron chi connectivity index (χ0n) is 14.9. The standard InChI is InChI=1S/C20H19ClN2O5/c21-15-5-3-13(4-6-15)18(25)16-17(14-2-1-7-22-12-14)23(20(27)19(16)26)8-10-28-11-9-24/h1-7,12,17,24-25H,8-11H2/t17-/m1/s1. The molecule has 146 valence electrons. The van der Waals surface area contributed by atoms with Gasteiger partial charge in [0, 0.05) is 29.5 Å². The Labute approximate surface area is 166 Å². The highest BCUT2D eigenvalue weighted by atomic mass is 35.5. The van der Waals surface area contributed by atoms with Crippen LogP contribution in [0.1, 0.15) is 17.2 Å². The Balaban J connectivity index is 2.03. The van der Waals surface area contributed by atoms with Crippen molar-refractivity contribution in [1.82, 2.24) is 9.88 Å². The lowest BCUT2D eigenvalue weighted by Gasteiger charge is -2.24. The monoisotopic (exact) mass is 402 g/mol. The van der Waals surface area contributed by atoms with Gasteiger partial charge in [0.05, 0.1) is 31.4 Å². The number of hydrogen-bond donors (Lipinski definition) is 2. The van der Waals surface area contributed by atoms with E-state index >= 15 is 0 Å². The van der Waals surface area contributed by atoms with Gasteiger partial charge in [0.15, 0.2) is 0 Å². The molecule has 1 aliphatic rings. The van der Waals surface area contributed by atoms with E-state index in [1.54, 1.807) is 48.8 Å². The molecule has 7 nitrogen and oxygen atoms in total. The lowest BCUT2D eigenvalue weighted by molar-refractivity contribution is -0.140. The Morgan fingerprint density at radius 3 is 2.57 bits per heavy atom. The quantitative estimate of drug-likeness (QED) is 0.318. The highest BCUT2D eigenvalue weighted by Gasteiger charge is 2.45. The van der Waals surface area contributed by atoms with Crippen LogP contribution in [0, 0.1) is 0 Å². The third-order valence-electron chi connectivity index (χ3n) is 4.37. The van der Waals surface area contributed by atoms with Crippen molar-refractivity contribution in [1.29, 1.82) is 0 Å². The smallest absolute Gasteiger partial charge is 0.295 e. The second-order valence-electron chi connectivity index (χ2n) is 6.12. The summed E-state index contributed by atoms with van der Waals surface area (Å²) in [6, 6.07) is 8.98. The Kier molecular flexibility index (Phi) is 6.41. The van der Waals surface area contributed by atoms with Gasteiger partial charge in [-0.15, -0.1) is 0 Å². The number of Topliss-reactive ketones (excluding diaryl/α,β-unsaturated/α-hetero) is 1. The second kappa shape index (κ2) is 8.97. The first-order valence-electron chi connectivity index (χ1n) is 8.67. The number of halogens is 1. The van der Waals surface area contributed by atoms with E-state index in [-0.39, 0.29) is 37.7 Å². The van der Waals surface area contributed by atoms with E-state index in [0.29, 0.717) is 16.1 Å². The van der Waals surface area contributed by atoms with Crippen LogP contribution in [0.4, 0.5) is 0 Å². The maximum atomic E-state index is 12.7. The van der Waals surface area contributed by atoms with Crippen molar-refractivity contribution in [2.24, 2.45) is 0 Å². The van der Waals surface area contributed by atoms with Gasteiger partial charge in [0.2, 0.25) is 0 Å². The number of carbonyl (C=O) groups excluding carboxylic acids is 2. The first-order chi connectivity index (χ1) is 13.5. The van der Waals surface area contributed by atoms with Gasteiger partial charge in [0.1, 0.15) is 5.76 Å². The molecule has 2 heterocycles. The molecule has 8 heteroatoms. The fourth-order valence-corrected chi connectivity index (χ4v) is 3.21. The molecule has 1 aromatic heterocycles. The van der Waals surface area contributed by atoms with Crippen LogP contribution in [-0.4, -0.2) is 58.2 Å². The Morgan fingerprint density at radius 2 is 1.93 bits per heavy atom. The van der Waals surface area contributed by atoms with Gasteiger partial charge >= 0.3 is 0 Å². The molecule has 0 saturated carbocycles. The molecule has 0 radical (unpaired) electrons. The number of hydrogen-bond acceptors (Lipinski definition) is 6. The van der Waals surface area contributed by atoms with E-state index in [2.05, 4.69) is 4.98 Å². The molecule has 0 bridgehead atoms. The van der Waals surface area contributed by atoms with Gasteiger partial charge in [-0.2, -0.15) is 0 Å². The number of aliphatic hydroxyl groups is 2. The predicted octanol–water partition coefficient (Wildman–Crippen LogP) is 2.17. The maximum Gasteiger partial charge on any atom is 0.295 e. The largest absolute Gasteiger partial charge is 0.507 e. The van der Waals surface area contributed by atoms with Crippen LogP contribution in [0.25, 0.3) is 5.76 Å². The normalized spacial score (nSPS) is 18.6. The minimum absolute atomic E-state index is 0.0116. The van der Waals surface area contributed by atoms with Crippen molar-refractivity contribution in [3.05, 3.63) is 70.5 Å². The van der Waals surface area contributed by atoms with Crippen LogP contribution < -0.4 is 0 Å². The Hall–Kier alpha value is -2.74.